The summed E-state index contributed by atoms with van der Waals surface area (Å²) in [7, 11) is 0. The second-order valence-corrected chi connectivity index (χ2v) is 9.67. The topological polar surface area (TPSA) is 12.9 Å². The van der Waals surface area contributed by atoms with Gasteiger partial charge in [0.15, 0.2) is 0 Å². The van der Waals surface area contributed by atoms with E-state index in [0.29, 0.717) is 5.92 Å². The van der Waals surface area contributed by atoms with Crippen molar-refractivity contribution in [3.8, 4) is 0 Å². The maximum atomic E-state index is 4.78. The third kappa shape index (κ3) is 5.87. The van der Waals surface area contributed by atoms with E-state index in [2.05, 4.69) is 25.8 Å². The molecule has 2 fully saturated rings. The van der Waals surface area contributed by atoms with Gasteiger partial charge in [-0.05, 0) is 61.0 Å². The molecule has 0 spiro atoms. The molecule has 2 aliphatic carbocycles. The second-order valence-electron chi connectivity index (χ2n) is 8.50. The molecular weight excluding hydrogens is 334 g/mol. The molecule has 1 aromatic rings. The van der Waals surface area contributed by atoms with Gasteiger partial charge in [-0.2, -0.15) is 0 Å². The van der Waals surface area contributed by atoms with Gasteiger partial charge in [-0.15, -0.1) is 0 Å². The Morgan fingerprint density at radius 1 is 0.885 bits per heavy atom. The Hall–Kier alpha value is -0.760. The number of nitrogens with zero attached hydrogens (tertiary/aromatic N) is 1. The molecule has 1 nitrogen and oxygen atoms in total. The first-order valence-corrected chi connectivity index (χ1v) is 11.9. The smallest absolute Gasteiger partial charge is 0.0511 e. The first kappa shape index (κ1) is 20.0. The molecule has 3 rings (SSSR count). The maximum Gasteiger partial charge on any atom is 0.0511 e. The highest BCUT2D eigenvalue weighted by molar-refractivity contribution is 8.03. The van der Waals surface area contributed by atoms with Crippen molar-refractivity contribution in [2.45, 2.75) is 108 Å². The molecule has 0 bridgehead atoms. The van der Waals surface area contributed by atoms with Crippen LogP contribution in [-0.2, 0) is 0 Å². The van der Waals surface area contributed by atoms with Crippen molar-refractivity contribution < 1.29 is 0 Å². The average molecular weight is 372 g/mol. The van der Waals surface area contributed by atoms with E-state index < -0.39 is 0 Å². The van der Waals surface area contributed by atoms with Gasteiger partial charge < -0.3 is 0 Å². The molecule has 0 amide bonds. The third-order valence-corrected chi connectivity index (χ3v) is 7.67. The normalized spacial score (nSPS) is 21.4. The van der Waals surface area contributed by atoms with E-state index in [1.54, 1.807) is 0 Å². The van der Waals surface area contributed by atoms with Gasteiger partial charge in [0.25, 0.3) is 0 Å². The van der Waals surface area contributed by atoms with E-state index >= 15 is 0 Å². The van der Waals surface area contributed by atoms with Gasteiger partial charge in [-0.3, -0.25) is 4.98 Å². The van der Waals surface area contributed by atoms with Crippen LogP contribution >= 0.6 is 11.8 Å². The van der Waals surface area contributed by atoms with E-state index in [1.165, 1.54) is 111 Å². The summed E-state index contributed by atoms with van der Waals surface area (Å²) in [5.41, 5.74) is 2.65. The molecule has 2 saturated carbocycles. The number of pyridine rings is 1. The lowest BCUT2D eigenvalue weighted by atomic mass is 9.87. The van der Waals surface area contributed by atoms with Crippen LogP contribution in [0.3, 0.4) is 0 Å². The fourth-order valence-electron chi connectivity index (χ4n) is 4.65. The summed E-state index contributed by atoms with van der Waals surface area (Å²) >= 11 is 1.92. The Morgan fingerprint density at radius 3 is 2.04 bits per heavy atom. The van der Waals surface area contributed by atoms with Crippen LogP contribution in [-0.4, -0.2) is 4.98 Å². The minimum absolute atomic E-state index is 0.699. The van der Waals surface area contributed by atoms with Crippen molar-refractivity contribution in [1.82, 2.24) is 4.98 Å². The summed E-state index contributed by atoms with van der Waals surface area (Å²) in [5.74, 6) is 1.42. The van der Waals surface area contributed by atoms with Crippen LogP contribution in [0.5, 0.6) is 0 Å². The standard InChI is InChI=1S/C24H37NS/c1-19-24(26-20(2)21-13-9-5-3-6-10-14-21)17-23(18-25-19)22-15-11-7-4-8-12-16-22/h17-18,21-22H,2-16H2,1H3. The maximum absolute atomic E-state index is 4.78. The predicted molar refractivity (Wildman–Crippen MR) is 115 cm³/mol. The van der Waals surface area contributed by atoms with E-state index in [1.807, 2.05) is 11.8 Å². The summed E-state index contributed by atoms with van der Waals surface area (Å²) in [6.45, 7) is 6.65. The van der Waals surface area contributed by atoms with Crippen LogP contribution in [0.25, 0.3) is 0 Å². The zero-order chi connectivity index (χ0) is 18.2. The Labute approximate surface area is 165 Å². The lowest BCUT2D eigenvalue weighted by Crippen LogP contribution is -2.06. The number of aromatic nitrogens is 1. The summed E-state index contributed by atoms with van der Waals surface area (Å²) in [4.78, 5) is 7.52. The van der Waals surface area contributed by atoms with Crippen LogP contribution in [0.4, 0.5) is 0 Å². The highest BCUT2D eigenvalue weighted by atomic mass is 32.2. The molecule has 0 N–H and O–H groups in total. The Kier molecular flexibility index (Phi) is 8.10. The summed E-state index contributed by atoms with van der Waals surface area (Å²) < 4.78 is 0. The molecule has 0 radical (unpaired) electrons. The van der Waals surface area contributed by atoms with E-state index in [0.717, 1.165) is 5.92 Å². The zero-order valence-corrected chi connectivity index (χ0v) is 17.6. The van der Waals surface area contributed by atoms with Gasteiger partial charge >= 0.3 is 0 Å². The number of allylic oxidation sites excluding steroid dienone is 1. The van der Waals surface area contributed by atoms with Crippen molar-refractivity contribution in [2.24, 2.45) is 5.92 Å². The number of hydrogen-bond acceptors (Lipinski definition) is 2. The Morgan fingerprint density at radius 2 is 1.42 bits per heavy atom. The molecule has 0 aliphatic heterocycles. The first-order valence-electron chi connectivity index (χ1n) is 11.1. The SMILES string of the molecule is C=C(Sc1cc(C2CCCCCCC2)cnc1C)C1CCCCCCC1. The van der Waals surface area contributed by atoms with Crippen LogP contribution in [0.2, 0.25) is 0 Å². The fourth-order valence-corrected chi connectivity index (χ4v) is 5.73. The van der Waals surface area contributed by atoms with Crippen molar-refractivity contribution >= 4 is 11.8 Å². The molecule has 2 aliphatic rings. The molecule has 1 aromatic heterocycles. The van der Waals surface area contributed by atoms with Crippen LogP contribution in [0.1, 0.15) is 107 Å². The van der Waals surface area contributed by atoms with Crippen LogP contribution in [0, 0.1) is 12.8 Å². The molecule has 0 unspecified atom stereocenters. The van der Waals surface area contributed by atoms with E-state index in [-0.39, 0.29) is 0 Å². The average Bonchev–Trinajstić information content (AvgIpc) is 2.56. The molecule has 0 saturated heterocycles. The highest BCUT2D eigenvalue weighted by Gasteiger charge is 2.19. The minimum atomic E-state index is 0.699. The molecular formula is C24H37NS. The number of rotatable bonds is 4. The lowest BCUT2D eigenvalue weighted by Gasteiger charge is -2.23. The van der Waals surface area contributed by atoms with Crippen molar-refractivity contribution in [1.29, 1.82) is 0 Å². The molecule has 0 atom stereocenters. The van der Waals surface area contributed by atoms with Crippen molar-refractivity contribution in [3.05, 3.63) is 35.0 Å². The zero-order valence-electron chi connectivity index (χ0n) is 16.8. The van der Waals surface area contributed by atoms with E-state index in [4.69, 9.17) is 4.98 Å². The second kappa shape index (κ2) is 10.5. The van der Waals surface area contributed by atoms with Crippen LogP contribution in [0.15, 0.2) is 28.6 Å². The monoisotopic (exact) mass is 371 g/mol. The lowest BCUT2D eigenvalue weighted by molar-refractivity contribution is 0.431. The molecule has 144 valence electrons. The number of thioether (sulfide) groups is 1. The highest BCUT2D eigenvalue weighted by Crippen LogP contribution is 2.39. The summed E-state index contributed by atoms with van der Waals surface area (Å²) in [6, 6.07) is 2.45. The van der Waals surface area contributed by atoms with Gasteiger partial charge in [0.1, 0.15) is 0 Å². The van der Waals surface area contributed by atoms with Gasteiger partial charge in [0, 0.05) is 11.1 Å². The van der Waals surface area contributed by atoms with Crippen LogP contribution < -0.4 is 0 Å². The number of hydrogen-bond donors (Lipinski definition) is 0. The van der Waals surface area contributed by atoms with Crippen molar-refractivity contribution in [3.63, 3.8) is 0 Å². The molecule has 0 aromatic carbocycles. The third-order valence-electron chi connectivity index (χ3n) is 6.44. The predicted octanol–water partition coefficient (Wildman–Crippen LogP) is 8.18. The van der Waals surface area contributed by atoms with Gasteiger partial charge in [0.05, 0.1) is 5.69 Å². The Balaban J connectivity index is 1.67. The number of aryl methyl sites for hydroxylation is 1. The quantitative estimate of drug-likeness (QED) is 0.495. The summed E-state index contributed by atoms with van der Waals surface area (Å²) in [5, 5.41) is 0. The fraction of sp³-hybridized carbons (Fsp3) is 0.708. The van der Waals surface area contributed by atoms with Gasteiger partial charge in [-0.25, -0.2) is 0 Å². The molecule has 26 heavy (non-hydrogen) atoms. The first-order chi connectivity index (χ1) is 12.7. The molecule has 2 heteroatoms. The largest absolute Gasteiger partial charge is 0.260 e. The van der Waals surface area contributed by atoms with E-state index in [9.17, 15) is 0 Å². The van der Waals surface area contributed by atoms with Gasteiger partial charge in [0.2, 0.25) is 0 Å². The van der Waals surface area contributed by atoms with Crippen molar-refractivity contribution in [2.75, 3.05) is 0 Å². The molecule has 1 heterocycles. The summed E-state index contributed by atoms with van der Waals surface area (Å²) in [6.07, 6.45) is 21.5. The Bertz CT molecular complexity index is 564. The van der Waals surface area contributed by atoms with Gasteiger partial charge in [-0.1, -0.05) is 82.5 Å². The minimum Gasteiger partial charge on any atom is -0.260 e.